The van der Waals surface area contributed by atoms with E-state index in [1.165, 1.54) is 18.2 Å². The molecule has 0 aliphatic carbocycles. The topological polar surface area (TPSA) is 95.7 Å². The SMILES string of the molecule is Cc1cc([C@@H](C)Nc2ccc(Cl)nc2C(=O)O)c2oc(N3Cc4ccc(F)cc4C3)c(C)c(=O)c2c1. The number of fused-ring (bicyclic) bond motifs is 2. The first-order valence-electron chi connectivity index (χ1n) is 11.4. The van der Waals surface area contributed by atoms with Gasteiger partial charge < -0.3 is 19.7 Å². The van der Waals surface area contributed by atoms with Crippen LogP contribution in [0.1, 0.15) is 51.3 Å². The maximum atomic E-state index is 13.8. The Morgan fingerprint density at radius 1 is 1.17 bits per heavy atom. The molecule has 1 aliphatic rings. The molecule has 184 valence electrons. The van der Waals surface area contributed by atoms with Crippen LogP contribution >= 0.6 is 11.6 Å². The summed E-state index contributed by atoms with van der Waals surface area (Å²) in [7, 11) is 0. The molecule has 9 heteroatoms. The van der Waals surface area contributed by atoms with E-state index in [1.54, 1.807) is 25.1 Å². The molecule has 4 aromatic rings. The summed E-state index contributed by atoms with van der Waals surface area (Å²) in [5.41, 5.74) is 4.22. The van der Waals surface area contributed by atoms with Crippen LogP contribution in [0.15, 0.2) is 51.7 Å². The summed E-state index contributed by atoms with van der Waals surface area (Å²) in [6, 6.07) is 11.0. The molecule has 0 unspecified atom stereocenters. The van der Waals surface area contributed by atoms with Gasteiger partial charge in [-0.3, -0.25) is 4.79 Å². The van der Waals surface area contributed by atoms with E-state index in [9.17, 15) is 19.1 Å². The molecule has 7 nitrogen and oxygen atoms in total. The van der Waals surface area contributed by atoms with Crippen LogP contribution in [0.4, 0.5) is 16.0 Å². The Hall–Kier alpha value is -3.91. The number of aromatic carboxylic acids is 1. The van der Waals surface area contributed by atoms with Crippen molar-refractivity contribution in [2.24, 2.45) is 0 Å². The molecule has 0 amide bonds. The van der Waals surface area contributed by atoms with E-state index in [4.69, 9.17) is 16.0 Å². The fourth-order valence-electron chi connectivity index (χ4n) is 4.71. The Balaban J connectivity index is 1.60. The van der Waals surface area contributed by atoms with Gasteiger partial charge in [-0.05, 0) is 67.8 Å². The summed E-state index contributed by atoms with van der Waals surface area (Å²) in [5, 5.41) is 13.2. The minimum Gasteiger partial charge on any atom is -0.476 e. The second kappa shape index (κ2) is 8.95. The number of hydrogen-bond donors (Lipinski definition) is 2. The number of aromatic nitrogens is 1. The number of hydrogen-bond acceptors (Lipinski definition) is 6. The van der Waals surface area contributed by atoms with E-state index < -0.39 is 12.0 Å². The zero-order chi connectivity index (χ0) is 25.7. The maximum absolute atomic E-state index is 13.8. The normalized spacial score (nSPS) is 13.6. The number of anilines is 2. The predicted molar refractivity (Wildman–Crippen MR) is 136 cm³/mol. The number of halogens is 2. The second-order valence-electron chi connectivity index (χ2n) is 9.06. The molecule has 0 saturated carbocycles. The molecule has 2 aromatic heterocycles. The predicted octanol–water partition coefficient (Wildman–Crippen LogP) is 5.99. The van der Waals surface area contributed by atoms with Crippen molar-refractivity contribution in [1.82, 2.24) is 4.98 Å². The molecule has 5 rings (SSSR count). The van der Waals surface area contributed by atoms with E-state index in [2.05, 4.69) is 10.3 Å². The van der Waals surface area contributed by atoms with Gasteiger partial charge in [-0.15, -0.1) is 0 Å². The lowest BCUT2D eigenvalue weighted by Crippen LogP contribution is -2.20. The Kier molecular flexibility index (Phi) is 5.92. The largest absolute Gasteiger partial charge is 0.476 e. The molecular weight excluding hydrogens is 485 g/mol. The summed E-state index contributed by atoms with van der Waals surface area (Å²) < 4.78 is 20.2. The highest BCUT2D eigenvalue weighted by Gasteiger charge is 2.26. The van der Waals surface area contributed by atoms with Gasteiger partial charge in [0.2, 0.25) is 5.88 Å². The lowest BCUT2D eigenvalue weighted by Gasteiger charge is -2.22. The number of nitrogens with one attached hydrogen (secondary N) is 1. The standard InChI is InChI=1S/C27H23ClFN3O4/c1-13-8-19(15(3)30-21-6-7-22(28)31-23(21)27(34)35)25-20(9-13)24(33)14(2)26(36-25)32-11-16-4-5-18(29)10-17(16)12-32/h4-10,15,30H,11-12H2,1-3H3,(H,34,35)/t15-/m1/s1. The average molecular weight is 508 g/mol. The van der Waals surface area contributed by atoms with Gasteiger partial charge in [0, 0.05) is 18.7 Å². The molecule has 3 heterocycles. The second-order valence-corrected chi connectivity index (χ2v) is 9.45. The van der Waals surface area contributed by atoms with Gasteiger partial charge in [-0.2, -0.15) is 0 Å². The van der Waals surface area contributed by atoms with Crippen molar-refractivity contribution in [3.63, 3.8) is 0 Å². The first kappa shape index (κ1) is 23.8. The van der Waals surface area contributed by atoms with E-state index >= 15 is 0 Å². The van der Waals surface area contributed by atoms with Crippen LogP contribution in [-0.2, 0) is 13.1 Å². The third-order valence-corrected chi connectivity index (χ3v) is 6.66. The van der Waals surface area contributed by atoms with Crippen LogP contribution < -0.4 is 15.6 Å². The van der Waals surface area contributed by atoms with Gasteiger partial charge in [0.25, 0.3) is 0 Å². The highest BCUT2D eigenvalue weighted by Crippen LogP contribution is 2.35. The fraction of sp³-hybridized carbons (Fsp3) is 0.222. The van der Waals surface area contributed by atoms with Crippen molar-refractivity contribution in [3.8, 4) is 0 Å². The van der Waals surface area contributed by atoms with Crippen molar-refractivity contribution in [2.75, 3.05) is 10.2 Å². The molecule has 36 heavy (non-hydrogen) atoms. The molecule has 2 aromatic carbocycles. The summed E-state index contributed by atoms with van der Waals surface area (Å²) in [6.45, 7) is 6.39. The first-order chi connectivity index (χ1) is 17.1. The van der Waals surface area contributed by atoms with Crippen LogP contribution in [-0.4, -0.2) is 16.1 Å². The Bertz CT molecular complexity index is 1600. The highest BCUT2D eigenvalue weighted by molar-refractivity contribution is 6.29. The number of carboxylic acid groups (broad SMARTS) is 1. The molecule has 0 spiro atoms. The zero-order valence-corrected chi connectivity index (χ0v) is 20.6. The quantitative estimate of drug-likeness (QED) is 0.320. The van der Waals surface area contributed by atoms with E-state index in [0.717, 1.165) is 16.7 Å². The molecular formula is C27H23ClFN3O4. The summed E-state index contributed by atoms with van der Waals surface area (Å²) in [4.78, 5) is 31.0. The molecule has 0 radical (unpaired) electrons. The smallest absolute Gasteiger partial charge is 0.356 e. The minimum absolute atomic E-state index is 0.0733. The van der Waals surface area contributed by atoms with Crippen LogP contribution in [0.3, 0.4) is 0 Å². The number of carbonyl (C=O) groups is 1. The van der Waals surface area contributed by atoms with Gasteiger partial charge in [0.1, 0.15) is 16.6 Å². The number of nitrogens with zero attached hydrogens (tertiary/aromatic N) is 2. The van der Waals surface area contributed by atoms with Gasteiger partial charge in [0.05, 0.1) is 22.7 Å². The van der Waals surface area contributed by atoms with Crippen molar-refractivity contribution in [1.29, 1.82) is 0 Å². The zero-order valence-electron chi connectivity index (χ0n) is 19.9. The highest BCUT2D eigenvalue weighted by atomic mass is 35.5. The maximum Gasteiger partial charge on any atom is 0.356 e. The molecule has 0 bridgehead atoms. The van der Waals surface area contributed by atoms with Gasteiger partial charge >= 0.3 is 5.97 Å². The summed E-state index contributed by atoms with van der Waals surface area (Å²) >= 11 is 5.89. The number of carboxylic acids is 1. The first-order valence-corrected chi connectivity index (χ1v) is 11.8. The molecule has 0 fully saturated rings. The van der Waals surface area contributed by atoms with E-state index in [0.29, 0.717) is 46.8 Å². The summed E-state index contributed by atoms with van der Waals surface area (Å²) in [5.74, 6) is -1.08. The van der Waals surface area contributed by atoms with Crippen molar-refractivity contribution < 1.29 is 18.7 Å². The van der Waals surface area contributed by atoms with Crippen LogP contribution in [0.5, 0.6) is 0 Å². The van der Waals surface area contributed by atoms with Gasteiger partial charge in [-0.1, -0.05) is 23.7 Å². The monoisotopic (exact) mass is 507 g/mol. The van der Waals surface area contributed by atoms with Crippen LogP contribution in [0.2, 0.25) is 5.15 Å². The van der Waals surface area contributed by atoms with Crippen LogP contribution in [0, 0.1) is 19.7 Å². The van der Waals surface area contributed by atoms with E-state index in [-0.39, 0.29) is 22.1 Å². The average Bonchev–Trinajstić information content (AvgIpc) is 3.25. The van der Waals surface area contributed by atoms with Gasteiger partial charge in [0.15, 0.2) is 11.1 Å². The van der Waals surface area contributed by atoms with Crippen molar-refractivity contribution >= 4 is 40.1 Å². The van der Waals surface area contributed by atoms with E-state index in [1.807, 2.05) is 24.8 Å². The molecule has 0 saturated heterocycles. The third kappa shape index (κ3) is 4.18. The Morgan fingerprint density at radius 2 is 1.92 bits per heavy atom. The fourth-order valence-corrected chi connectivity index (χ4v) is 4.86. The lowest BCUT2D eigenvalue weighted by molar-refractivity contribution is 0.0691. The third-order valence-electron chi connectivity index (χ3n) is 6.45. The Morgan fingerprint density at radius 3 is 2.67 bits per heavy atom. The van der Waals surface area contributed by atoms with Gasteiger partial charge in [-0.25, -0.2) is 14.2 Å². The lowest BCUT2D eigenvalue weighted by atomic mass is 10.00. The van der Waals surface area contributed by atoms with Crippen molar-refractivity contribution in [3.05, 3.63) is 97.2 Å². The minimum atomic E-state index is -1.21. The number of benzene rings is 2. The Labute approximate surface area is 211 Å². The van der Waals surface area contributed by atoms with Crippen LogP contribution in [0.25, 0.3) is 11.0 Å². The molecule has 1 atom stereocenters. The number of rotatable bonds is 5. The van der Waals surface area contributed by atoms with Crippen molar-refractivity contribution in [2.45, 2.75) is 39.9 Å². The number of aryl methyl sites for hydroxylation is 1. The molecule has 1 aliphatic heterocycles. The number of pyridine rings is 1. The summed E-state index contributed by atoms with van der Waals surface area (Å²) in [6.07, 6.45) is 0. The molecule has 2 N–H and O–H groups in total.